The van der Waals surface area contributed by atoms with Crippen molar-refractivity contribution in [3.63, 3.8) is 0 Å². The molecular weight excluding hydrogens is 476 g/mol. The Balaban J connectivity index is 1.73. The lowest BCUT2D eigenvalue weighted by Crippen LogP contribution is -2.36. The molecule has 1 aliphatic rings. The van der Waals surface area contributed by atoms with Gasteiger partial charge in [-0.2, -0.15) is 4.31 Å². The maximum absolute atomic E-state index is 13.7. The molecule has 0 fully saturated rings. The maximum atomic E-state index is 13.7. The quantitative estimate of drug-likeness (QED) is 0.452. The van der Waals surface area contributed by atoms with Gasteiger partial charge >= 0.3 is 0 Å². The Morgan fingerprint density at radius 2 is 1.44 bits per heavy atom. The SMILES string of the molecule is COc1cc2c(cc1O)c1c(n2S(=O)(=O)c2ccccc2)CCN(S(=O)(=O)c2ccccc2)C1. The number of phenols is 1. The summed E-state index contributed by atoms with van der Waals surface area (Å²) < 4.78 is 61.7. The monoisotopic (exact) mass is 498 g/mol. The third kappa shape index (κ3) is 3.46. The van der Waals surface area contributed by atoms with E-state index in [4.69, 9.17) is 4.74 Å². The normalized spacial score (nSPS) is 14.7. The summed E-state index contributed by atoms with van der Waals surface area (Å²) in [5, 5.41) is 10.9. The second kappa shape index (κ2) is 8.15. The Hall–Kier alpha value is -3.34. The lowest BCUT2D eigenvalue weighted by Gasteiger charge is -2.27. The van der Waals surface area contributed by atoms with Gasteiger partial charge in [-0.15, -0.1) is 0 Å². The minimum Gasteiger partial charge on any atom is -0.504 e. The van der Waals surface area contributed by atoms with Crippen LogP contribution in [0.3, 0.4) is 0 Å². The van der Waals surface area contributed by atoms with Crippen molar-refractivity contribution in [1.29, 1.82) is 0 Å². The second-order valence-electron chi connectivity index (χ2n) is 7.95. The van der Waals surface area contributed by atoms with Crippen LogP contribution in [0.5, 0.6) is 11.5 Å². The molecular formula is C24H22N2O6S2. The van der Waals surface area contributed by atoms with Crippen LogP contribution in [0.15, 0.2) is 82.6 Å². The van der Waals surface area contributed by atoms with E-state index < -0.39 is 20.0 Å². The van der Waals surface area contributed by atoms with Crippen molar-refractivity contribution in [2.24, 2.45) is 0 Å². The highest BCUT2D eigenvalue weighted by atomic mass is 32.2. The van der Waals surface area contributed by atoms with Crippen LogP contribution in [0.4, 0.5) is 0 Å². The predicted octanol–water partition coefficient (Wildman–Crippen LogP) is 3.34. The Morgan fingerprint density at radius 3 is 2.03 bits per heavy atom. The molecule has 0 aliphatic carbocycles. The third-order valence-corrected chi connectivity index (χ3v) is 9.65. The Kier molecular flexibility index (Phi) is 5.38. The van der Waals surface area contributed by atoms with Crippen molar-refractivity contribution in [2.75, 3.05) is 13.7 Å². The molecule has 0 radical (unpaired) electrons. The molecule has 1 N–H and O–H groups in total. The largest absolute Gasteiger partial charge is 0.504 e. The number of hydrogen-bond acceptors (Lipinski definition) is 6. The van der Waals surface area contributed by atoms with Gasteiger partial charge in [-0.05, 0) is 35.9 Å². The molecule has 0 spiro atoms. The number of aromatic hydroxyl groups is 1. The van der Waals surface area contributed by atoms with Crippen LogP contribution in [-0.2, 0) is 33.0 Å². The molecule has 1 aromatic heterocycles. The van der Waals surface area contributed by atoms with Crippen LogP contribution in [0.25, 0.3) is 10.9 Å². The molecule has 5 rings (SSSR count). The fourth-order valence-corrected chi connectivity index (χ4v) is 7.43. The van der Waals surface area contributed by atoms with E-state index in [1.165, 1.54) is 51.8 Å². The smallest absolute Gasteiger partial charge is 0.268 e. The van der Waals surface area contributed by atoms with E-state index in [-0.39, 0.29) is 40.8 Å². The van der Waals surface area contributed by atoms with Gasteiger partial charge in [0.1, 0.15) is 0 Å². The Bertz CT molecular complexity index is 1600. The van der Waals surface area contributed by atoms with E-state index in [0.29, 0.717) is 22.2 Å². The lowest BCUT2D eigenvalue weighted by atomic mass is 10.1. The summed E-state index contributed by atoms with van der Waals surface area (Å²) in [6, 6.07) is 19.1. The first-order valence-corrected chi connectivity index (χ1v) is 13.4. The zero-order chi connectivity index (χ0) is 24.1. The summed E-state index contributed by atoms with van der Waals surface area (Å²) in [7, 11) is -6.40. The first-order chi connectivity index (χ1) is 16.2. The first-order valence-electron chi connectivity index (χ1n) is 10.5. The third-order valence-electron chi connectivity index (χ3n) is 6.03. The van der Waals surface area contributed by atoms with Crippen molar-refractivity contribution in [3.05, 3.63) is 84.1 Å². The van der Waals surface area contributed by atoms with E-state index >= 15 is 0 Å². The first kappa shape index (κ1) is 22.5. The summed E-state index contributed by atoms with van der Waals surface area (Å²) >= 11 is 0. The zero-order valence-corrected chi connectivity index (χ0v) is 19.9. The number of sulfonamides is 1. The number of hydrogen-bond donors (Lipinski definition) is 1. The molecule has 3 aromatic carbocycles. The van der Waals surface area contributed by atoms with Crippen LogP contribution >= 0.6 is 0 Å². The summed E-state index contributed by atoms with van der Waals surface area (Å²) in [6.45, 7) is 0.0973. The van der Waals surface area contributed by atoms with Crippen molar-refractivity contribution in [3.8, 4) is 11.5 Å². The molecule has 4 aromatic rings. The van der Waals surface area contributed by atoms with Crippen molar-refractivity contribution < 1.29 is 26.7 Å². The number of benzene rings is 3. The van der Waals surface area contributed by atoms with Crippen LogP contribution < -0.4 is 4.74 Å². The molecule has 0 atom stereocenters. The minimum atomic E-state index is -4.00. The van der Waals surface area contributed by atoms with Gasteiger partial charge in [0.2, 0.25) is 10.0 Å². The van der Waals surface area contributed by atoms with Gasteiger partial charge < -0.3 is 9.84 Å². The van der Waals surface area contributed by atoms with Crippen molar-refractivity contribution in [2.45, 2.75) is 22.8 Å². The van der Waals surface area contributed by atoms with E-state index in [1.807, 2.05) is 0 Å². The van der Waals surface area contributed by atoms with Crippen LogP contribution in [-0.4, -0.2) is 43.9 Å². The number of rotatable bonds is 5. The fraction of sp³-hybridized carbons (Fsp3) is 0.167. The second-order valence-corrected chi connectivity index (χ2v) is 11.7. The number of nitrogens with zero attached hydrogens (tertiary/aromatic N) is 2. The van der Waals surface area contributed by atoms with Crippen molar-refractivity contribution >= 4 is 30.9 Å². The van der Waals surface area contributed by atoms with E-state index in [2.05, 4.69) is 0 Å². The van der Waals surface area contributed by atoms with Gasteiger partial charge in [0.05, 0.1) is 22.4 Å². The van der Waals surface area contributed by atoms with E-state index in [9.17, 15) is 21.9 Å². The molecule has 10 heteroatoms. The molecule has 1 aliphatic heterocycles. The van der Waals surface area contributed by atoms with E-state index in [0.717, 1.165) is 0 Å². The molecule has 0 unspecified atom stereocenters. The number of phenolic OH excluding ortho intramolecular Hbond substituents is 1. The van der Waals surface area contributed by atoms with Gasteiger partial charge in [-0.3, -0.25) is 0 Å². The van der Waals surface area contributed by atoms with Crippen LogP contribution in [0.2, 0.25) is 0 Å². The van der Waals surface area contributed by atoms with Gasteiger partial charge in [0.15, 0.2) is 11.5 Å². The number of fused-ring (bicyclic) bond motifs is 3. The molecule has 0 bridgehead atoms. The molecule has 0 saturated heterocycles. The molecule has 8 nitrogen and oxygen atoms in total. The highest BCUT2D eigenvalue weighted by molar-refractivity contribution is 7.90. The zero-order valence-electron chi connectivity index (χ0n) is 18.2. The molecule has 176 valence electrons. The van der Waals surface area contributed by atoms with Crippen molar-refractivity contribution in [1.82, 2.24) is 8.28 Å². The average molecular weight is 499 g/mol. The number of methoxy groups -OCH3 is 1. The summed E-state index contributed by atoms with van der Waals surface area (Å²) in [5.41, 5.74) is 1.35. The molecule has 0 saturated carbocycles. The molecule has 0 amide bonds. The van der Waals surface area contributed by atoms with Gasteiger partial charge in [0.25, 0.3) is 10.0 Å². The molecule has 34 heavy (non-hydrogen) atoms. The van der Waals surface area contributed by atoms with Gasteiger partial charge in [-0.1, -0.05) is 36.4 Å². The Labute approximate surface area is 197 Å². The van der Waals surface area contributed by atoms with Gasteiger partial charge in [0, 0.05) is 36.7 Å². The molecule has 2 heterocycles. The predicted molar refractivity (Wildman–Crippen MR) is 127 cm³/mol. The maximum Gasteiger partial charge on any atom is 0.268 e. The fourth-order valence-electron chi connectivity index (χ4n) is 4.39. The standard InChI is InChI=1S/C24H22N2O6S2/c1-32-24-15-22-19(14-23(24)27)20-16-25(33(28,29)17-8-4-2-5-9-17)13-12-21(20)26(22)34(30,31)18-10-6-3-7-11-18/h2-11,14-15,27H,12-13,16H2,1H3. The van der Waals surface area contributed by atoms with Crippen LogP contribution in [0, 0.1) is 0 Å². The highest BCUT2D eigenvalue weighted by Crippen LogP contribution is 2.40. The summed E-state index contributed by atoms with van der Waals surface area (Å²) in [5.74, 6) is -0.0317. The summed E-state index contributed by atoms with van der Waals surface area (Å²) in [4.78, 5) is 0.282. The minimum absolute atomic E-state index is 0.0217. The number of aromatic nitrogens is 1. The van der Waals surface area contributed by atoms with Gasteiger partial charge in [-0.25, -0.2) is 20.8 Å². The topological polar surface area (TPSA) is 106 Å². The highest BCUT2D eigenvalue weighted by Gasteiger charge is 2.35. The van der Waals surface area contributed by atoms with E-state index in [1.54, 1.807) is 36.4 Å². The number of ether oxygens (including phenoxy) is 1. The average Bonchev–Trinajstić information content (AvgIpc) is 3.17. The van der Waals surface area contributed by atoms with Crippen LogP contribution in [0.1, 0.15) is 11.3 Å². The summed E-state index contributed by atoms with van der Waals surface area (Å²) in [6.07, 6.45) is 0.186. The Morgan fingerprint density at radius 1 is 0.853 bits per heavy atom. The lowest BCUT2D eigenvalue weighted by molar-refractivity contribution is 0.374.